The summed E-state index contributed by atoms with van der Waals surface area (Å²) >= 11 is 0. The molecule has 2 heterocycles. The maximum atomic E-state index is 6.24. The highest BCUT2D eigenvalue weighted by Crippen LogP contribution is 2.33. The number of likely N-dealkylation sites (tertiary alicyclic amines) is 1. The summed E-state index contributed by atoms with van der Waals surface area (Å²) in [4.78, 5) is 2.49. The van der Waals surface area contributed by atoms with Gasteiger partial charge in [0.25, 0.3) is 0 Å². The molecule has 0 spiro atoms. The molecule has 0 N–H and O–H groups in total. The van der Waals surface area contributed by atoms with Crippen LogP contribution in [0, 0.1) is 0 Å². The summed E-state index contributed by atoms with van der Waals surface area (Å²) in [5.41, 5.74) is 1.21. The van der Waals surface area contributed by atoms with Crippen LogP contribution in [0.15, 0.2) is 30.3 Å². The zero-order valence-electron chi connectivity index (χ0n) is 14.5. The molecule has 0 aromatic heterocycles. The highest BCUT2D eigenvalue weighted by Gasteiger charge is 2.49. The lowest BCUT2D eigenvalue weighted by atomic mass is 10.1. The molecule has 1 aromatic carbocycles. The van der Waals surface area contributed by atoms with Crippen LogP contribution < -0.4 is 0 Å². The molecule has 0 saturated carbocycles. The Labute approximate surface area is 139 Å². The number of unbranched alkanes of at least 4 members (excludes halogenated alkanes) is 1. The van der Waals surface area contributed by atoms with Gasteiger partial charge in [0.2, 0.25) is 0 Å². The molecule has 23 heavy (non-hydrogen) atoms. The zero-order valence-corrected chi connectivity index (χ0v) is 14.5. The molecule has 1 aromatic rings. The smallest absolute Gasteiger partial charge is 0.163 e. The Balaban J connectivity index is 1.65. The predicted octanol–water partition coefficient (Wildman–Crippen LogP) is 3.21. The van der Waals surface area contributed by atoms with Crippen LogP contribution >= 0.6 is 0 Å². The normalized spacial score (nSPS) is 30.3. The Morgan fingerprint density at radius 2 is 2.04 bits per heavy atom. The average Bonchev–Trinajstić information content (AvgIpc) is 2.87. The van der Waals surface area contributed by atoms with Gasteiger partial charge >= 0.3 is 0 Å². The van der Waals surface area contributed by atoms with Crippen molar-refractivity contribution in [1.29, 1.82) is 0 Å². The third-order valence-electron chi connectivity index (χ3n) is 4.76. The van der Waals surface area contributed by atoms with Gasteiger partial charge in [-0.3, -0.25) is 4.90 Å². The minimum atomic E-state index is -0.518. The van der Waals surface area contributed by atoms with E-state index >= 15 is 0 Å². The summed E-state index contributed by atoms with van der Waals surface area (Å²) in [5, 5.41) is 0. The number of hydrogen-bond acceptors (Lipinski definition) is 4. The van der Waals surface area contributed by atoms with Crippen molar-refractivity contribution in [1.82, 2.24) is 4.90 Å². The molecular formula is C19H29NO3. The molecule has 4 nitrogen and oxygen atoms in total. The lowest BCUT2D eigenvalue weighted by Gasteiger charge is -2.41. The zero-order chi connectivity index (χ0) is 16.3. The van der Waals surface area contributed by atoms with E-state index in [1.165, 1.54) is 18.4 Å². The summed E-state index contributed by atoms with van der Waals surface area (Å²) in [6, 6.07) is 10.7. The van der Waals surface area contributed by atoms with Gasteiger partial charge in [0.1, 0.15) is 6.10 Å². The summed E-state index contributed by atoms with van der Waals surface area (Å²) in [5.74, 6) is -0.518. The summed E-state index contributed by atoms with van der Waals surface area (Å²) in [7, 11) is 0. The van der Waals surface area contributed by atoms with Crippen molar-refractivity contribution in [3.05, 3.63) is 35.9 Å². The Morgan fingerprint density at radius 1 is 1.26 bits per heavy atom. The topological polar surface area (TPSA) is 30.9 Å². The van der Waals surface area contributed by atoms with Gasteiger partial charge < -0.3 is 14.2 Å². The summed E-state index contributed by atoms with van der Waals surface area (Å²) < 4.78 is 18.3. The van der Waals surface area contributed by atoms with Crippen molar-refractivity contribution in [3.8, 4) is 0 Å². The van der Waals surface area contributed by atoms with Gasteiger partial charge in [-0.2, -0.15) is 0 Å². The van der Waals surface area contributed by atoms with E-state index in [1.54, 1.807) is 0 Å². The van der Waals surface area contributed by atoms with Crippen LogP contribution in [0.2, 0.25) is 0 Å². The quantitative estimate of drug-likeness (QED) is 0.806. The van der Waals surface area contributed by atoms with E-state index in [0.717, 1.165) is 19.7 Å². The predicted molar refractivity (Wildman–Crippen MR) is 90.2 cm³/mol. The first-order chi connectivity index (χ1) is 11.1. The van der Waals surface area contributed by atoms with Gasteiger partial charge in [-0.1, -0.05) is 43.7 Å². The first-order valence-corrected chi connectivity index (χ1v) is 8.80. The molecule has 3 atom stereocenters. The summed E-state index contributed by atoms with van der Waals surface area (Å²) in [6.07, 6.45) is 2.62. The maximum Gasteiger partial charge on any atom is 0.163 e. The van der Waals surface area contributed by atoms with Crippen molar-refractivity contribution in [3.63, 3.8) is 0 Å². The SMILES string of the molecule is CCCCN1C[C@@H](OCc2ccccc2)[C@@H]2OC(C)(C)OC[C@@H]21. The maximum absolute atomic E-state index is 6.24. The number of rotatable bonds is 6. The number of benzene rings is 1. The molecule has 2 saturated heterocycles. The second-order valence-electron chi connectivity index (χ2n) is 7.04. The molecule has 3 rings (SSSR count). The van der Waals surface area contributed by atoms with Crippen LogP contribution in [0.1, 0.15) is 39.2 Å². The van der Waals surface area contributed by atoms with Crippen LogP contribution in [0.4, 0.5) is 0 Å². The van der Waals surface area contributed by atoms with Gasteiger partial charge in [-0.25, -0.2) is 0 Å². The van der Waals surface area contributed by atoms with E-state index in [2.05, 4.69) is 36.1 Å². The number of ether oxygens (including phenoxy) is 3. The van der Waals surface area contributed by atoms with Crippen molar-refractivity contribution in [2.75, 3.05) is 19.7 Å². The molecule has 128 valence electrons. The Hall–Kier alpha value is -0.940. The second kappa shape index (κ2) is 7.31. The Bertz CT molecular complexity index is 491. The van der Waals surface area contributed by atoms with Crippen LogP contribution in [0.5, 0.6) is 0 Å². The Morgan fingerprint density at radius 3 is 2.78 bits per heavy atom. The standard InChI is InChI=1S/C19H29NO3/c1-4-5-11-20-12-17(21-13-15-9-7-6-8-10-15)18-16(20)14-22-19(2,3)23-18/h6-10,16-18H,4-5,11-14H2,1-3H3/t16-,17+,18+/m0/s1. The molecule has 2 fully saturated rings. The third-order valence-corrected chi connectivity index (χ3v) is 4.76. The Kier molecular flexibility index (Phi) is 5.37. The number of hydrogen-bond donors (Lipinski definition) is 0. The molecule has 0 radical (unpaired) electrons. The monoisotopic (exact) mass is 319 g/mol. The number of fused-ring (bicyclic) bond motifs is 1. The molecule has 0 bridgehead atoms. The van der Waals surface area contributed by atoms with Crippen molar-refractivity contribution >= 4 is 0 Å². The van der Waals surface area contributed by atoms with Crippen LogP contribution in [0.3, 0.4) is 0 Å². The minimum Gasteiger partial charge on any atom is -0.369 e. The van der Waals surface area contributed by atoms with E-state index in [-0.39, 0.29) is 12.2 Å². The van der Waals surface area contributed by atoms with Gasteiger partial charge in [0.15, 0.2) is 5.79 Å². The molecular weight excluding hydrogens is 290 g/mol. The van der Waals surface area contributed by atoms with Crippen molar-refractivity contribution < 1.29 is 14.2 Å². The fourth-order valence-electron chi connectivity index (χ4n) is 3.47. The molecule has 2 aliphatic heterocycles. The first kappa shape index (κ1) is 16.9. The fraction of sp³-hybridized carbons (Fsp3) is 0.684. The van der Waals surface area contributed by atoms with E-state index in [0.29, 0.717) is 12.6 Å². The van der Waals surface area contributed by atoms with E-state index in [9.17, 15) is 0 Å². The molecule has 4 heteroatoms. The van der Waals surface area contributed by atoms with Crippen LogP contribution in [0.25, 0.3) is 0 Å². The lowest BCUT2D eigenvalue weighted by molar-refractivity contribution is -0.294. The van der Waals surface area contributed by atoms with Gasteiger partial charge in [-0.15, -0.1) is 0 Å². The van der Waals surface area contributed by atoms with Gasteiger partial charge in [0.05, 0.1) is 25.4 Å². The van der Waals surface area contributed by atoms with Crippen LogP contribution in [-0.2, 0) is 20.8 Å². The van der Waals surface area contributed by atoms with E-state index in [4.69, 9.17) is 14.2 Å². The fourth-order valence-corrected chi connectivity index (χ4v) is 3.47. The molecule has 0 aliphatic carbocycles. The van der Waals surface area contributed by atoms with Crippen molar-refractivity contribution in [2.45, 2.75) is 64.3 Å². The van der Waals surface area contributed by atoms with Crippen LogP contribution in [-0.4, -0.2) is 48.6 Å². The average molecular weight is 319 g/mol. The molecule has 2 aliphatic rings. The third kappa shape index (κ3) is 4.13. The number of nitrogens with zero attached hydrogens (tertiary/aromatic N) is 1. The van der Waals surface area contributed by atoms with Crippen molar-refractivity contribution in [2.24, 2.45) is 0 Å². The van der Waals surface area contributed by atoms with E-state index in [1.807, 2.05) is 19.9 Å². The highest BCUT2D eigenvalue weighted by atomic mass is 16.7. The van der Waals surface area contributed by atoms with E-state index < -0.39 is 5.79 Å². The first-order valence-electron chi connectivity index (χ1n) is 8.80. The molecule has 0 amide bonds. The molecule has 0 unspecified atom stereocenters. The lowest BCUT2D eigenvalue weighted by Crippen LogP contribution is -2.53. The largest absolute Gasteiger partial charge is 0.369 e. The van der Waals surface area contributed by atoms with Gasteiger partial charge in [-0.05, 0) is 32.4 Å². The highest BCUT2D eigenvalue weighted by molar-refractivity contribution is 5.13. The van der Waals surface area contributed by atoms with Gasteiger partial charge in [0, 0.05) is 6.54 Å². The second-order valence-corrected chi connectivity index (χ2v) is 7.04. The summed E-state index contributed by atoms with van der Waals surface area (Å²) in [6.45, 7) is 9.61. The minimum absolute atomic E-state index is 0.0966.